The number of alkyl halides is 3. The summed E-state index contributed by atoms with van der Waals surface area (Å²) < 4.78 is 65.1. The molecule has 11 heteroatoms. The molecule has 0 fully saturated rings. The maximum Gasteiger partial charge on any atom is 0.501 e. The molecule has 0 spiro atoms. The Morgan fingerprint density at radius 2 is 1.56 bits per heavy atom. The first-order valence-electron chi connectivity index (χ1n) is 6.90. The molecule has 0 amide bonds. The number of guanidine groups is 1. The van der Waals surface area contributed by atoms with Crippen molar-refractivity contribution in [1.82, 2.24) is 9.80 Å². The Balaban J connectivity index is 0.00000576. The first-order valence-corrected chi connectivity index (χ1v) is 8.38. The van der Waals surface area contributed by atoms with Crippen LogP contribution in [0.25, 0.3) is 0 Å². The first-order chi connectivity index (χ1) is 11.0. The number of hydrogen-bond donors (Lipinski definition) is 0. The van der Waals surface area contributed by atoms with Gasteiger partial charge >= 0.3 is 5.51 Å². The lowest BCUT2D eigenvalue weighted by Gasteiger charge is -2.22. The van der Waals surface area contributed by atoms with Crippen molar-refractivity contribution in [3.63, 3.8) is 0 Å². The van der Waals surface area contributed by atoms with E-state index in [9.17, 15) is 21.6 Å². The van der Waals surface area contributed by atoms with Gasteiger partial charge in [-0.25, -0.2) is 13.4 Å². The zero-order valence-corrected chi connectivity index (χ0v) is 17.4. The molecule has 1 aromatic carbocycles. The third-order valence-corrected chi connectivity index (χ3v) is 4.35. The molecular weight excluding hydrogens is 474 g/mol. The fourth-order valence-corrected chi connectivity index (χ4v) is 2.60. The lowest BCUT2D eigenvalue weighted by Crippen LogP contribution is -2.35. The van der Waals surface area contributed by atoms with Crippen molar-refractivity contribution >= 4 is 39.8 Å². The molecule has 1 rings (SSSR count). The average molecular weight is 495 g/mol. The van der Waals surface area contributed by atoms with Gasteiger partial charge in [0.25, 0.3) is 9.84 Å². The predicted octanol–water partition coefficient (Wildman–Crippen LogP) is 2.46. The van der Waals surface area contributed by atoms with Crippen LogP contribution in [0.15, 0.2) is 34.2 Å². The molecule has 6 nitrogen and oxygen atoms in total. The summed E-state index contributed by atoms with van der Waals surface area (Å²) in [7, 11) is 2.05. The quantitative estimate of drug-likeness (QED) is 0.272. The van der Waals surface area contributed by atoms with Crippen LogP contribution in [-0.2, 0) is 9.84 Å². The Kier molecular flexibility index (Phi) is 8.99. The molecule has 25 heavy (non-hydrogen) atoms. The van der Waals surface area contributed by atoms with Gasteiger partial charge in [0, 0.05) is 28.2 Å². The second-order valence-corrected chi connectivity index (χ2v) is 7.18. The van der Waals surface area contributed by atoms with E-state index in [1.807, 2.05) is 38.0 Å². The van der Waals surface area contributed by atoms with Gasteiger partial charge in [-0.05, 0) is 24.3 Å². The largest absolute Gasteiger partial charge is 0.501 e. The summed E-state index contributed by atoms with van der Waals surface area (Å²) >= 11 is 0. The number of benzene rings is 1. The highest BCUT2D eigenvalue weighted by atomic mass is 127. The van der Waals surface area contributed by atoms with Crippen LogP contribution in [0.1, 0.15) is 0 Å². The van der Waals surface area contributed by atoms with Crippen molar-refractivity contribution in [2.45, 2.75) is 10.4 Å². The molecule has 0 unspecified atom stereocenters. The lowest BCUT2D eigenvalue weighted by molar-refractivity contribution is -0.0436. The number of halogens is 4. The van der Waals surface area contributed by atoms with Gasteiger partial charge in [0.05, 0.1) is 11.4 Å². The highest BCUT2D eigenvalue weighted by Crippen LogP contribution is 2.30. The SMILES string of the molecule is CN(C)C(=NCCOc1ccc(S(=O)(=O)C(F)(F)F)cc1)N(C)C.I. The highest BCUT2D eigenvalue weighted by Gasteiger charge is 2.46. The summed E-state index contributed by atoms with van der Waals surface area (Å²) in [5, 5.41) is 0. The Hall–Kier alpha value is -1.24. The standard InChI is InChI=1S/C14H20F3N3O3S.HI/c1-19(2)13(20(3)4)18-9-10-23-11-5-7-12(8-6-11)24(21,22)14(15,16)17;/h5-8H,9-10H2,1-4H3;1H. The molecule has 0 N–H and O–H groups in total. The maximum absolute atomic E-state index is 12.4. The smallest absolute Gasteiger partial charge is 0.492 e. The van der Waals surface area contributed by atoms with E-state index in [1.165, 1.54) is 12.1 Å². The van der Waals surface area contributed by atoms with E-state index in [0.29, 0.717) is 6.54 Å². The molecule has 144 valence electrons. The van der Waals surface area contributed by atoms with Crippen LogP contribution in [-0.4, -0.2) is 71.0 Å². The number of hydrogen-bond acceptors (Lipinski definition) is 4. The van der Waals surface area contributed by atoms with Gasteiger partial charge in [0.15, 0.2) is 5.96 Å². The summed E-state index contributed by atoms with van der Waals surface area (Å²) in [6.45, 7) is 0.546. The van der Waals surface area contributed by atoms with Crippen LogP contribution in [0.5, 0.6) is 5.75 Å². The van der Waals surface area contributed by atoms with E-state index in [-0.39, 0.29) is 36.3 Å². The zero-order chi connectivity index (χ0) is 18.5. The van der Waals surface area contributed by atoms with Crippen LogP contribution >= 0.6 is 24.0 Å². The van der Waals surface area contributed by atoms with Gasteiger partial charge in [-0.3, -0.25) is 0 Å². The fourth-order valence-electron chi connectivity index (χ4n) is 1.84. The molecule has 0 saturated carbocycles. The molecule has 1 aromatic rings. The van der Waals surface area contributed by atoms with E-state index in [4.69, 9.17) is 4.74 Å². The first kappa shape index (κ1) is 23.8. The second-order valence-electron chi connectivity index (χ2n) is 5.24. The summed E-state index contributed by atoms with van der Waals surface area (Å²) in [5.74, 6) is 1.01. The van der Waals surface area contributed by atoms with E-state index in [2.05, 4.69) is 4.99 Å². The summed E-state index contributed by atoms with van der Waals surface area (Å²) in [6.07, 6.45) is 0. The van der Waals surface area contributed by atoms with Gasteiger partial charge in [-0.15, -0.1) is 24.0 Å². The third-order valence-electron chi connectivity index (χ3n) is 2.85. The van der Waals surface area contributed by atoms with Crippen molar-refractivity contribution in [2.75, 3.05) is 41.3 Å². The number of nitrogens with zero attached hydrogens (tertiary/aromatic N) is 3. The van der Waals surface area contributed by atoms with E-state index >= 15 is 0 Å². The van der Waals surface area contributed by atoms with Crippen molar-refractivity contribution < 1.29 is 26.3 Å². The minimum Gasteiger partial charge on any atom is -0.492 e. The molecule has 0 aliphatic heterocycles. The van der Waals surface area contributed by atoms with Crippen LogP contribution in [0, 0.1) is 0 Å². The zero-order valence-electron chi connectivity index (χ0n) is 14.2. The van der Waals surface area contributed by atoms with Crippen molar-refractivity contribution in [3.05, 3.63) is 24.3 Å². The molecule has 0 aromatic heterocycles. The van der Waals surface area contributed by atoms with Gasteiger partial charge in [0.2, 0.25) is 0 Å². The predicted molar refractivity (Wildman–Crippen MR) is 100 cm³/mol. The van der Waals surface area contributed by atoms with Crippen LogP contribution in [0.3, 0.4) is 0 Å². The summed E-state index contributed by atoms with van der Waals surface area (Å²) in [4.78, 5) is 7.17. The van der Waals surface area contributed by atoms with Crippen LogP contribution < -0.4 is 4.74 Å². The molecule has 0 aliphatic rings. The minimum absolute atomic E-state index is 0. The number of sulfone groups is 1. The molecule has 0 heterocycles. The monoisotopic (exact) mass is 495 g/mol. The number of ether oxygens (including phenoxy) is 1. The number of aliphatic imine (C=N–C) groups is 1. The average Bonchev–Trinajstić information content (AvgIpc) is 2.45. The molecule has 0 radical (unpaired) electrons. The topological polar surface area (TPSA) is 62.2 Å². The summed E-state index contributed by atoms with van der Waals surface area (Å²) in [5.41, 5.74) is -5.32. The van der Waals surface area contributed by atoms with Crippen LogP contribution in [0.4, 0.5) is 13.2 Å². The Labute approximate surface area is 162 Å². The maximum atomic E-state index is 12.4. The highest BCUT2D eigenvalue weighted by molar-refractivity contribution is 14.0. The summed E-state index contributed by atoms with van der Waals surface area (Å²) in [6, 6.07) is 4.10. The molecule has 0 saturated heterocycles. The minimum atomic E-state index is -5.34. The third kappa shape index (κ3) is 6.53. The van der Waals surface area contributed by atoms with Gasteiger partial charge < -0.3 is 14.5 Å². The fraction of sp³-hybridized carbons (Fsp3) is 0.500. The molecule has 0 atom stereocenters. The van der Waals surface area contributed by atoms with Gasteiger partial charge in [0.1, 0.15) is 12.4 Å². The van der Waals surface area contributed by atoms with Crippen molar-refractivity contribution in [3.8, 4) is 5.75 Å². The second kappa shape index (κ2) is 9.46. The van der Waals surface area contributed by atoms with E-state index in [1.54, 1.807) is 0 Å². The Bertz CT molecular complexity index is 665. The molecule has 0 bridgehead atoms. The van der Waals surface area contributed by atoms with E-state index < -0.39 is 20.2 Å². The van der Waals surface area contributed by atoms with Gasteiger partial charge in [-0.2, -0.15) is 13.2 Å². The lowest BCUT2D eigenvalue weighted by atomic mass is 10.3. The normalized spacial score (nSPS) is 11.3. The molecule has 0 aliphatic carbocycles. The van der Waals surface area contributed by atoms with Crippen molar-refractivity contribution in [2.24, 2.45) is 4.99 Å². The van der Waals surface area contributed by atoms with E-state index in [0.717, 1.165) is 18.1 Å². The van der Waals surface area contributed by atoms with Crippen LogP contribution in [0.2, 0.25) is 0 Å². The Morgan fingerprint density at radius 1 is 1.08 bits per heavy atom. The molecular formula is C14H21F3IN3O3S. The van der Waals surface area contributed by atoms with Crippen molar-refractivity contribution in [1.29, 1.82) is 0 Å². The Morgan fingerprint density at radius 3 is 1.96 bits per heavy atom. The number of rotatable bonds is 5. The van der Waals surface area contributed by atoms with Gasteiger partial charge in [-0.1, -0.05) is 0 Å².